The van der Waals surface area contributed by atoms with Crippen molar-refractivity contribution in [3.63, 3.8) is 0 Å². The minimum absolute atomic E-state index is 0.358. The summed E-state index contributed by atoms with van der Waals surface area (Å²) >= 11 is 0. The van der Waals surface area contributed by atoms with Crippen molar-refractivity contribution in [1.29, 1.82) is 0 Å². The summed E-state index contributed by atoms with van der Waals surface area (Å²) in [6.07, 6.45) is 2.63. The van der Waals surface area contributed by atoms with E-state index in [0.717, 1.165) is 33.2 Å². The highest BCUT2D eigenvalue weighted by atomic mass is 32.2. The van der Waals surface area contributed by atoms with Crippen LogP contribution >= 0.6 is 0 Å². The van der Waals surface area contributed by atoms with E-state index in [2.05, 4.69) is 39.4 Å². The maximum absolute atomic E-state index is 12.8. The number of benzene rings is 2. The van der Waals surface area contributed by atoms with Crippen LogP contribution < -0.4 is 14.5 Å². The predicted molar refractivity (Wildman–Crippen MR) is 135 cm³/mol. The molecule has 0 aliphatic carbocycles. The zero-order valence-electron chi connectivity index (χ0n) is 20.2. The second-order valence-electron chi connectivity index (χ2n) is 8.16. The smallest absolute Gasteiger partial charge is 0.263 e. The van der Waals surface area contributed by atoms with Gasteiger partial charge in [-0.25, -0.2) is 13.8 Å². The molecular formula is C25H30N4O4S. The Kier molecular flexibility index (Phi) is 7.46. The zero-order valence-corrected chi connectivity index (χ0v) is 21.1. The van der Waals surface area contributed by atoms with Gasteiger partial charge in [-0.3, -0.25) is 9.10 Å². The molecule has 0 saturated heterocycles. The molecule has 1 unspecified atom stereocenters. The number of anilines is 1. The summed E-state index contributed by atoms with van der Waals surface area (Å²) in [5.41, 5.74) is 7.91. The van der Waals surface area contributed by atoms with Gasteiger partial charge in [-0.1, -0.05) is 17.7 Å². The molecular weight excluding hydrogens is 452 g/mol. The number of carbonyl (C=O) groups excluding carboxylic acids is 1. The van der Waals surface area contributed by atoms with Gasteiger partial charge in [-0.2, -0.15) is 5.10 Å². The molecule has 3 aromatic rings. The molecule has 3 rings (SSSR count). The molecule has 0 aliphatic rings. The average Bonchev–Trinajstić information content (AvgIpc) is 3.07. The lowest BCUT2D eigenvalue weighted by Gasteiger charge is -2.27. The van der Waals surface area contributed by atoms with Crippen molar-refractivity contribution in [2.45, 2.75) is 33.7 Å². The fraction of sp³-hybridized carbons (Fsp3) is 0.280. The van der Waals surface area contributed by atoms with E-state index in [1.54, 1.807) is 30.5 Å². The third-order valence-electron chi connectivity index (χ3n) is 5.56. The number of amides is 1. The van der Waals surface area contributed by atoms with Gasteiger partial charge in [-0.15, -0.1) is 0 Å². The summed E-state index contributed by atoms with van der Waals surface area (Å²) in [5.74, 6) is 0.0342. The molecule has 0 bridgehead atoms. The molecule has 1 heterocycles. The molecule has 2 aromatic carbocycles. The zero-order chi connectivity index (χ0) is 25.0. The second-order valence-corrected chi connectivity index (χ2v) is 10.0. The quantitative estimate of drug-likeness (QED) is 0.391. The molecule has 180 valence electrons. The summed E-state index contributed by atoms with van der Waals surface area (Å²) in [5, 5.41) is 4.09. The van der Waals surface area contributed by atoms with Gasteiger partial charge in [0.15, 0.2) is 0 Å². The molecule has 1 amide bonds. The van der Waals surface area contributed by atoms with Crippen LogP contribution in [0.25, 0.3) is 5.69 Å². The topological polar surface area (TPSA) is 93.0 Å². The van der Waals surface area contributed by atoms with Crippen LogP contribution in [0, 0.1) is 20.8 Å². The fourth-order valence-electron chi connectivity index (χ4n) is 3.81. The van der Waals surface area contributed by atoms with Crippen molar-refractivity contribution in [2.24, 2.45) is 5.10 Å². The summed E-state index contributed by atoms with van der Waals surface area (Å²) in [6, 6.07) is 15.6. The van der Waals surface area contributed by atoms with Crippen molar-refractivity contribution >= 4 is 27.8 Å². The lowest BCUT2D eigenvalue weighted by Crippen LogP contribution is -2.46. The van der Waals surface area contributed by atoms with Crippen molar-refractivity contribution in [1.82, 2.24) is 9.99 Å². The van der Waals surface area contributed by atoms with E-state index in [9.17, 15) is 13.2 Å². The van der Waals surface area contributed by atoms with Crippen LogP contribution in [0.2, 0.25) is 0 Å². The number of hydrazone groups is 1. The van der Waals surface area contributed by atoms with Gasteiger partial charge in [0, 0.05) is 22.6 Å². The molecule has 0 saturated carbocycles. The van der Waals surface area contributed by atoms with Gasteiger partial charge >= 0.3 is 0 Å². The largest absolute Gasteiger partial charge is 0.497 e. The average molecular weight is 483 g/mol. The molecule has 0 fully saturated rings. The van der Waals surface area contributed by atoms with Gasteiger partial charge in [0.05, 0.1) is 25.3 Å². The van der Waals surface area contributed by atoms with Crippen LogP contribution in [0.4, 0.5) is 5.69 Å². The SMILES string of the molecule is COc1ccc(N(C(C)C(=O)N/N=C/c2cc(C)n(-c3ccc(C)cc3)c2C)S(C)(=O)=O)cc1. The highest BCUT2D eigenvalue weighted by Crippen LogP contribution is 2.24. The number of rotatable bonds is 8. The molecule has 34 heavy (non-hydrogen) atoms. The predicted octanol–water partition coefficient (Wildman–Crippen LogP) is 3.72. The molecule has 1 N–H and O–H groups in total. The Morgan fingerprint density at radius 3 is 2.26 bits per heavy atom. The van der Waals surface area contributed by atoms with E-state index in [1.807, 2.05) is 26.8 Å². The molecule has 1 atom stereocenters. The number of hydrogen-bond acceptors (Lipinski definition) is 5. The van der Waals surface area contributed by atoms with Gasteiger partial charge in [0.1, 0.15) is 11.8 Å². The third kappa shape index (κ3) is 5.48. The number of hydrogen-bond donors (Lipinski definition) is 1. The summed E-state index contributed by atoms with van der Waals surface area (Å²) < 4.78 is 33.2. The van der Waals surface area contributed by atoms with Crippen molar-refractivity contribution in [3.8, 4) is 11.4 Å². The van der Waals surface area contributed by atoms with Gasteiger partial charge in [0.25, 0.3) is 5.91 Å². The minimum atomic E-state index is -3.73. The van der Waals surface area contributed by atoms with E-state index < -0.39 is 22.0 Å². The van der Waals surface area contributed by atoms with Gasteiger partial charge < -0.3 is 9.30 Å². The highest BCUT2D eigenvalue weighted by molar-refractivity contribution is 7.92. The summed E-state index contributed by atoms with van der Waals surface area (Å²) in [7, 11) is -2.20. The Balaban J connectivity index is 1.78. The Labute approximate surface area is 200 Å². The maximum atomic E-state index is 12.8. The number of nitrogens with one attached hydrogen (secondary N) is 1. The van der Waals surface area contributed by atoms with Crippen molar-refractivity contribution in [2.75, 3.05) is 17.7 Å². The first-order valence-electron chi connectivity index (χ1n) is 10.7. The number of methoxy groups -OCH3 is 1. The monoisotopic (exact) mass is 482 g/mol. The summed E-state index contributed by atoms with van der Waals surface area (Å²) in [6.45, 7) is 7.54. The molecule has 0 spiro atoms. The minimum Gasteiger partial charge on any atom is -0.497 e. The maximum Gasteiger partial charge on any atom is 0.263 e. The third-order valence-corrected chi connectivity index (χ3v) is 6.80. The van der Waals surface area contributed by atoms with Crippen LogP contribution in [-0.2, 0) is 14.8 Å². The Morgan fingerprint density at radius 1 is 1.09 bits per heavy atom. The first-order valence-corrected chi connectivity index (χ1v) is 12.6. The second kappa shape index (κ2) is 10.1. The lowest BCUT2D eigenvalue weighted by molar-refractivity contribution is -0.121. The first kappa shape index (κ1) is 25.0. The van der Waals surface area contributed by atoms with Crippen molar-refractivity contribution in [3.05, 3.63) is 77.1 Å². The molecule has 0 aliphatic heterocycles. The van der Waals surface area contributed by atoms with Crippen molar-refractivity contribution < 1.29 is 17.9 Å². The molecule has 8 nitrogen and oxygen atoms in total. The van der Waals surface area contributed by atoms with E-state index in [1.165, 1.54) is 19.6 Å². The number of carbonyl (C=O) groups is 1. The first-order chi connectivity index (χ1) is 16.0. The Bertz CT molecular complexity index is 1290. The van der Waals surface area contributed by atoms with Crippen LogP contribution in [-0.4, -0.2) is 44.5 Å². The number of sulfonamides is 1. The normalized spacial score (nSPS) is 12.5. The van der Waals surface area contributed by atoms with Gasteiger partial charge in [0.2, 0.25) is 10.0 Å². The molecule has 9 heteroatoms. The standard InChI is InChI=1S/C25H30N4O4S/c1-17-7-9-22(10-8-17)28-18(2)15-21(19(28)3)16-26-27-25(30)20(4)29(34(6,31)32)23-11-13-24(33-5)14-12-23/h7-16,20H,1-6H3,(H,27,30)/b26-16+. The van der Waals surface area contributed by atoms with E-state index in [4.69, 9.17) is 4.74 Å². The summed E-state index contributed by atoms with van der Waals surface area (Å²) in [4.78, 5) is 12.8. The number of nitrogens with zero attached hydrogens (tertiary/aromatic N) is 3. The lowest BCUT2D eigenvalue weighted by atomic mass is 10.2. The molecule has 0 radical (unpaired) electrons. The van der Waals surface area contributed by atoms with Crippen LogP contribution in [0.1, 0.15) is 29.4 Å². The Morgan fingerprint density at radius 2 is 1.71 bits per heavy atom. The number of aromatic nitrogens is 1. The van der Waals surface area contributed by atoms with Crippen LogP contribution in [0.15, 0.2) is 59.7 Å². The Hall–Kier alpha value is -3.59. The fourth-order valence-corrected chi connectivity index (χ4v) is 4.98. The molecule has 1 aromatic heterocycles. The highest BCUT2D eigenvalue weighted by Gasteiger charge is 2.29. The van der Waals surface area contributed by atoms with E-state index >= 15 is 0 Å². The van der Waals surface area contributed by atoms with E-state index in [-0.39, 0.29) is 0 Å². The van der Waals surface area contributed by atoms with Crippen LogP contribution in [0.3, 0.4) is 0 Å². The number of aryl methyl sites for hydroxylation is 2. The van der Waals surface area contributed by atoms with Crippen LogP contribution in [0.5, 0.6) is 5.75 Å². The van der Waals surface area contributed by atoms with Gasteiger partial charge in [-0.05, 0) is 70.2 Å². The van der Waals surface area contributed by atoms with E-state index in [0.29, 0.717) is 11.4 Å². The number of ether oxygens (including phenoxy) is 1.